The second-order valence-electron chi connectivity index (χ2n) is 2.71. The van der Waals surface area contributed by atoms with Gasteiger partial charge < -0.3 is 5.32 Å². The van der Waals surface area contributed by atoms with Crippen molar-refractivity contribution in [1.82, 2.24) is 20.5 Å². The first-order valence-corrected chi connectivity index (χ1v) is 3.74. The fourth-order valence-corrected chi connectivity index (χ4v) is 1.37. The van der Waals surface area contributed by atoms with E-state index in [1.54, 1.807) is 0 Å². The number of rotatable bonds is 1. The summed E-state index contributed by atoms with van der Waals surface area (Å²) >= 11 is 0. The lowest BCUT2D eigenvalue weighted by molar-refractivity contribution is 0.607. The van der Waals surface area contributed by atoms with E-state index in [0.717, 1.165) is 25.2 Å². The van der Waals surface area contributed by atoms with Gasteiger partial charge in [0.15, 0.2) is 0 Å². The first-order chi connectivity index (χ1) is 5.36. The van der Waals surface area contributed by atoms with E-state index in [1.807, 2.05) is 0 Å². The molecule has 0 saturated carbocycles. The molecule has 1 saturated heterocycles. The molecule has 1 aromatic heterocycles. The van der Waals surface area contributed by atoms with Crippen LogP contribution in [0.1, 0.15) is 24.7 Å². The smallest absolute Gasteiger partial charge is 0.307 e. The molecule has 0 aliphatic carbocycles. The molecule has 11 heavy (non-hydrogen) atoms. The maximum atomic E-state index is 10.6. The Morgan fingerprint density at radius 2 is 2.45 bits per heavy atom. The van der Waals surface area contributed by atoms with Crippen molar-refractivity contribution in [3.63, 3.8) is 0 Å². The molecule has 0 aromatic carbocycles. The van der Waals surface area contributed by atoms with Gasteiger partial charge in [-0.25, -0.2) is 9.89 Å². The summed E-state index contributed by atoms with van der Waals surface area (Å²) in [5.41, 5.74) is -0.228. The molecule has 0 unspecified atom stereocenters. The minimum Gasteiger partial charge on any atom is -0.307 e. The van der Waals surface area contributed by atoms with Crippen molar-refractivity contribution in [2.45, 2.75) is 18.9 Å². The predicted molar refractivity (Wildman–Crippen MR) is 39.2 cm³/mol. The highest BCUT2D eigenvalue weighted by molar-refractivity contribution is 4.94. The normalized spacial score (nSPS) is 24.2. The van der Waals surface area contributed by atoms with Crippen LogP contribution in [-0.4, -0.2) is 21.7 Å². The number of nitrogens with zero attached hydrogens (tertiary/aromatic N) is 1. The topological polar surface area (TPSA) is 73.6 Å². The molecule has 1 aromatic rings. The van der Waals surface area contributed by atoms with Crippen LogP contribution in [0.4, 0.5) is 0 Å². The lowest BCUT2D eigenvalue weighted by atomic mass is 10.2. The van der Waals surface area contributed by atoms with Gasteiger partial charge in [-0.1, -0.05) is 0 Å². The summed E-state index contributed by atoms with van der Waals surface area (Å²) in [6, 6.07) is 0.244. The van der Waals surface area contributed by atoms with Gasteiger partial charge in [-0.05, 0) is 19.4 Å². The molecule has 3 N–H and O–H groups in total. The quantitative estimate of drug-likeness (QED) is 0.511. The Labute approximate surface area is 63.2 Å². The fourth-order valence-electron chi connectivity index (χ4n) is 1.37. The summed E-state index contributed by atoms with van der Waals surface area (Å²) in [5.74, 6) is 0.729. The van der Waals surface area contributed by atoms with Crippen molar-refractivity contribution >= 4 is 0 Å². The van der Waals surface area contributed by atoms with Gasteiger partial charge >= 0.3 is 5.69 Å². The van der Waals surface area contributed by atoms with E-state index in [0.29, 0.717) is 0 Å². The van der Waals surface area contributed by atoms with Crippen molar-refractivity contribution < 1.29 is 0 Å². The number of aromatic amines is 2. The average Bonchev–Trinajstić information content (AvgIpc) is 2.55. The monoisotopic (exact) mass is 154 g/mol. The van der Waals surface area contributed by atoms with E-state index in [9.17, 15) is 4.79 Å². The Morgan fingerprint density at radius 3 is 3.00 bits per heavy atom. The van der Waals surface area contributed by atoms with Crippen LogP contribution in [0.3, 0.4) is 0 Å². The van der Waals surface area contributed by atoms with Crippen molar-refractivity contribution in [3.05, 3.63) is 16.3 Å². The zero-order valence-electron chi connectivity index (χ0n) is 6.05. The highest BCUT2D eigenvalue weighted by Gasteiger charge is 2.18. The lowest BCUT2D eigenvalue weighted by Gasteiger charge is -2.02. The first kappa shape index (κ1) is 6.60. The molecule has 2 rings (SSSR count). The Morgan fingerprint density at radius 1 is 1.55 bits per heavy atom. The van der Waals surface area contributed by atoms with Crippen LogP contribution in [0.25, 0.3) is 0 Å². The van der Waals surface area contributed by atoms with Crippen LogP contribution in [-0.2, 0) is 0 Å². The minimum absolute atomic E-state index is 0.228. The summed E-state index contributed by atoms with van der Waals surface area (Å²) in [7, 11) is 0. The van der Waals surface area contributed by atoms with Crippen LogP contribution >= 0.6 is 0 Å². The zero-order valence-corrected chi connectivity index (χ0v) is 6.05. The molecule has 0 amide bonds. The third kappa shape index (κ3) is 1.19. The molecule has 1 atom stereocenters. The van der Waals surface area contributed by atoms with Gasteiger partial charge in [0.05, 0.1) is 6.04 Å². The Balaban J connectivity index is 2.21. The van der Waals surface area contributed by atoms with E-state index in [-0.39, 0.29) is 11.7 Å². The summed E-state index contributed by atoms with van der Waals surface area (Å²) in [5, 5.41) is 9.42. The summed E-state index contributed by atoms with van der Waals surface area (Å²) in [4.78, 5) is 13.3. The van der Waals surface area contributed by atoms with E-state index < -0.39 is 0 Å². The van der Waals surface area contributed by atoms with Gasteiger partial charge in [0.1, 0.15) is 5.82 Å². The third-order valence-electron chi connectivity index (χ3n) is 1.91. The SMILES string of the molecule is O=c1[nH]nc([C@H]2CCCN2)[nH]1. The van der Waals surface area contributed by atoms with Crippen LogP contribution in [0.2, 0.25) is 0 Å². The van der Waals surface area contributed by atoms with Crippen LogP contribution in [0, 0.1) is 0 Å². The van der Waals surface area contributed by atoms with Gasteiger partial charge in [0.2, 0.25) is 0 Å². The highest BCUT2D eigenvalue weighted by Crippen LogP contribution is 2.17. The highest BCUT2D eigenvalue weighted by atomic mass is 16.1. The molecule has 1 aliphatic rings. The maximum absolute atomic E-state index is 10.6. The van der Waals surface area contributed by atoms with E-state index in [4.69, 9.17) is 0 Å². The van der Waals surface area contributed by atoms with Crippen LogP contribution < -0.4 is 11.0 Å². The van der Waals surface area contributed by atoms with Gasteiger partial charge in [-0.15, -0.1) is 0 Å². The minimum atomic E-state index is -0.228. The second-order valence-corrected chi connectivity index (χ2v) is 2.71. The molecular formula is C6H10N4O. The summed E-state index contributed by atoms with van der Waals surface area (Å²) in [6.07, 6.45) is 2.21. The number of nitrogens with one attached hydrogen (secondary N) is 3. The van der Waals surface area contributed by atoms with Crippen molar-refractivity contribution in [2.24, 2.45) is 0 Å². The Hall–Kier alpha value is -1.10. The molecule has 5 nitrogen and oxygen atoms in total. The standard InChI is InChI=1S/C6H10N4O/c11-6-8-5(9-10-6)4-2-1-3-7-4/h4,7H,1-3H2,(H2,8,9,10,11)/t4-/m1/s1. The summed E-state index contributed by atoms with van der Waals surface area (Å²) in [6.45, 7) is 1.01. The molecule has 0 radical (unpaired) electrons. The van der Waals surface area contributed by atoms with E-state index in [2.05, 4.69) is 20.5 Å². The molecular weight excluding hydrogens is 144 g/mol. The van der Waals surface area contributed by atoms with Gasteiger partial charge in [0.25, 0.3) is 0 Å². The Kier molecular flexibility index (Phi) is 1.50. The van der Waals surface area contributed by atoms with Crippen molar-refractivity contribution in [3.8, 4) is 0 Å². The van der Waals surface area contributed by atoms with Crippen LogP contribution in [0.15, 0.2) is 4.79 Å². The summed E-state index contributed by atoms with van der Waals surface area (Å²) < 4.78 is 0. The molecule has 0 bridgehead atoms. The molecule has 60 valence electrons. The molecule has 1 fully saturated rings. The molecule has 2 heterocycles. The molecule has 5 heteroatoms. The Bertz CT molecular complexity index is 283. The van der Waals surface area contributed by atoms with Gasteiger partial charge in [0, 0.05) is 0 Å². The number of H-pyrrole nitrogens is 2. The van der Waals surface area contributed by atoms with Crippen molar-refractivity contribution in [1.29, 1.82) is 0 Å². The van der Waals surface area contributed by atoms with Crippen LogP contribution in [0.5, 0.6) is 0 Å². The largest absolute Gasteiger partial charge is 0.340 e. The average molecular weight is 154 g/mol. The zero-order chi connectivity index (χ0) is 7.68. The molecule has 0 spiro atoms. The predicted octanol–water partition coefficient (Wildman–Crippen LogP) is -0.478. The maximum Gasteiger partial charge on any atom is 0.340 e. The third-order valence-corrected chi connectivity index (χ3v) is 1.91. The number of hydrogen-bond donors (Lipinski definition) is 3. The number of aromatic nitrogens is 3. The number of hydrogen-bond acceptors (Lipinski definition) is 3. The van der Waals surface area contributed by atoms with Gasteiger partial charge in [-0.3, -0.25) is 4.98 Å². The van der Waals surface area contributed by atoms with E-state index >= 15 is 0 Å². The first-order valence-electron chi connectivity index (χ1n) is 3.74. The second kappa shape index (κ2) is 2.50. The lowest BCUT2D eigenvalue weighted by Crippen LogP contribution is -2.15. The molecule has 1 aliphatic heterocycles. The van der Waals surface area contributed by atoms with E-state index in [1.165, 1.54) is 0 Å². The fraction of sp³-hybridized carbons (Fsp3) is 0.667. The van der Waals surface area contributed by atoms with Gasteiger partial charge in [-0.2, -0.15) is 5.10 Å². The van der Waals surface area contributed by atoms with Crippen molar-refractivity contribution in [2.75, 3.05) is 6.54 Å².